The van der Waals surface area contributed by atoms with E-state index in [4.69, 9.17) is 4.52 Å². The lowest BCUT2D eigenvalue weighted by Crippen LogP contribution is -2.41. The maximum atomic E-state index is 7.27. The molecule has 5 atom stereocenters. The number of hydrogen-bond donors (Lipinski definition) is 0. The van der Waals surface area contributed by atoms with Crippen LogP contribution in [0, 0.1) is 0 Å². The molecule has 2 aliphatic rings. The van der Waals surface area contributed by atoms with Gasteiger partial charge in [0.15, 0.2) is 8.45 Å². The zero-order valence-electron chi connectivity index (χ0n) is 21.3. The van der Waals surface area contributed by atoms with Crippen molar-refractivity contribution in [2.45, 2.75) is 83.1 Å². The molecule has 1 unspecified atom stereocenters. The lowest BCUT2D eigenvalue weighted by molar-refractivity contribution is 0.166. The average Bonchev–Trinajstić information content (AvgIpc) is 3.26. The summed E-state index contributed by atoms with van der Waals surface area (Å²) in [5.74, 6) is 0. The van der Waals surface area contributed by atoms with Crippen molar-refractivity contribution in [3.8, 4) is 0 Å². The third-order valence-corrected chi connectivity index (χ3v) is 10.4. The Balaban J connectivity index is 1.56. The predicted octanol–water partition coefficient (Wildman–Crippen LogP) is 8.83. The van der Waals surface area contributed by atoms with E-state index < -0.39 is 8.45 Å². The molecular weight excluding hydrogens is 447 g/mol. The van der Waals surface area contributed by atoms with Gasteiger partial charge in [-0.05, 0) is 49.8 Å². The van der Waals surface area contributed by atoms with E-state index >= 15 is 0 Å². The van der Waals surface area contributed by atoms with Crippen molar-refractivity contribution in [1.29, 1.82) is 0 Å². The lowest BCUT2D eigenvalue weighted by atomic mass is 9.88. The number of hydrogen-bond acceptors (Lipinski definition) is 3. The monoisotopic (exact) mass is 486 g/mol. The van der Waals surface area contributed by atoms with E-state index in [1.807, 2.05) is 0 Å². The van der Waals surface area contributed by atoms with Crippen molar-refractivity contribution in [2.24, 2.45) is 0 Å². The fraction of sp³-hybridized carbons (Fsp3) is 0.419. The van der Waals surface area contributed by atoms with Gasteiger partial charge in [-0.15, -0.1) is 0 Å². The molecule has 1 aliphatic heterocycles. The molecular formula is C31H39N2OP. The highest BCUT2D eigenvalue weighted by Gasteiger charge is 2.53. The van der Waals surface area contributed by atoms with Crippen molar-refractivity contribution < 1.29 is 4.52 Å². The molecule has 0 N–H and O–H groups in total. The summed E-state index contributed by atoms with van der Waals surface area (Å²) >= 11 is 0. The van der Waals surface area contributed by atoms with Gasteiger partial charge in [-0.25, -0.2) is 9.34 Å². The molecule has 35 heavy (non-hydrogen) atoms. The van der Waals surface area contributed by atoms with Gasteiger partial charge in [0, 0.05) is 24.2 Å². The lowest BCUT2D eigenvalue weighted by Gasteiger charge is -2.39. The van der Waals surface area contributed by atoms with Crippen LogP contribution < -0.4 is 0 Å². The first-order valence-electron chi connectivity index (χ1n) is 13.4. The van der Waals surface area contributed by atoms with Crippen LogP contribution in [0.15, 0.2) is 91.0 Å². The molecule has 0 bridgehead atoms. The zero-order chi connectivity index (χ0) is 24.2. The quantitative estimate of drug-likeness (QED) is 0.296. The fourth-order valence-corrected chi connectivity index (χ4v) is 8.84. The van der Waals surface area contributed by atoms with Gasteiger partial charge in [-0.3, -0.25) is 0 Å². The molecule has 5 rings (SSSR count). The Morgan fingerprint density at radius 3 is 1.49 bits per heavy atom. The van der Waals surface area contributed by atoms with Gasteiger partial charge in [0.1, 0.15) is 0 Å². The van der Waals surface area contributed by atoms with Crippen LogP contribution in [0.25, 0.3) is 0 Å². The van der Waals surface area contributed by atoms with Gasteiger partial charge in [0.05, 0.1) is 6.10 Å². The number of fused-ring (bicyclic) bond motifs is 1. The molecule has 1 saturated heterocycles. The largest absolute Gasteiger partial charge is 0.323 e. The highest BCUT2D eigenvalue weighted by Crippen LogP contribution is 2.65. The summed E-state index contributed by atoms with van der Waals surface area (Å²) < 4.78 is 12.8. The molecule has 1 saturated carbocycles. The Morgan fingerprint density at radius 2 is 1.09 bits per heavy atom. The number of benzene rings is 3. The molecule has 3 nitrogen and oxygen atoms in total. The second-order valence-electron chi connectivity index (χ2n) is 10.0. The van der Waals surface area contributed by atoms with Crippen molar-refractivity contribution in [1.82, 2.24) is 9.34 Å². The highest BCUT2D eigenvalue weighted by atomic mass is 31.2. The SMILES string of the molecule is CCC(OP1N([C@@H](C)c2ccccc2)[C@@H]2CCCC[C@H]2N1[C@@H](C)c1ccccc1)c1ccccc1. The minimum absolute atomic E-state index is 0.0958. The maximum Gasteiger partial charge on any atom is 0.190 e. The van der Waals surface area contributed by atoms with Crippen LogP contribution in [0.2, 0.25) is 0 Å². The van der Waals surface area contributed by atoms with E-state index in [1.54, 1.807) is 0 Å². The van der Waals surface area contributed by atoms with E-state index in [2.05, 4.69) is 121 Å². The third kappa shape index (κ3) is 5.11. The van der Waals surface area contributed by atoms with Crippen LogP contribution in [-0.2, 0) is 4.52 Å². The van der Waals surface area contributed by atoms with Gasteiger partial charge >= 0.3 is 0 Å². The summed E-state index contributed by atoms with van der Waals surface area (Å²) in [6, 6.07) is 34.6. The molecule has 3 aromatic carbocycles. The Morgan fingerprint density at radius 1 is 0.686 bits per heavy atom. The molecule has 1 heterocycles. The highest BCUT2D eigenvalue weighted by molar-refractivity contribution is 7.47. The smallest absolute Gasteiger partial charge is 0.190 e. The standard InChI is InChI=1S/C31H39N2OP/c1-4-31(28-20-12-7-13-21-28)34-35-32(24(2)26-16-8-5-9-17-26)29-22-14-15-23-30(29)33(35)25(3)27-18-10-6-11-19-27/h5-13,16-21,24-25,29-31H,4,14-15,22-23H2,1-3H3/t24-,25-,29+,30+,31?/m0/s1. The van der Waals surface area contributed by atoms with Crippen LogP contribution in [0.1, 0.15) is 87.8 Å². The minimum atomic E-state index is -0.950. The summed E-state index contributed by atoms with van der Waals surface area (Å²) in [5, 5.41) is 0. The first kappa shape index (κ1) is 24.7. The van der Waals surface area contributed by atoms with Crippen LogP contribution >= 0.6 is 8.45 Å². The summed E-state index contributed by atoms with van der Waals surface area (Å²) in [7, 11) is -0.950. The van der Waals surface area contributed by atoms with Crippen LogP contribution in [0.3, 0.4) is 0 Å². The van der Waals surface area contributed by atoms with E-state index in [1.165, 1.54) is 42.4 Å². The van der Waals surface area contributed by atoms with Crippen LogP contribution in [0.5, 0.6) is 0 Å². The van der Waals surface area contributed by atoms with Crippen molar-refractivity contribution >= 4 is 8.45 Å². The summed E-state index contributed by atoms with van der Waals surface area (Å²) in [6.45, 7) is 7.03. The second-order valence-corrected chi connectivity index (χ2v) is 11.7. The molecule has 0 radical (unpaired) electrons. The molecule has 184 valence electrons. The van der Waals surface area contributed by atoms with E-state index in [0.717, 1.165) is 6.42 Å². The van der Waals surface area contributed by atoms with Crippen LogP contribution in [-0.4, -0.2) is 21.4 Å². The van der Waals surface area contributed by atoms with Gasteiger partial charge in [-0.2, -0.15) is 0 Å². The van der Waals surface area contributed by atoms with Crippen molar-refractivity contribution in [3.05, 3.63) is 108 Å². The molecule has 2 fully saturated rings. The Bertz CT molecular complexity index is 986. The first-order chi connectivity index (χ1) is 17.2. The normalized spacial score (nSPS) is 24.1. The van der Waals surface area contributed by atoms with Crippen LogP contribution in [0.4, 0.5) is 0 Å². The van der Waals surface area contributed by atoms with Gasteiger partial charge in [-0.1, -0.05) is 111 Å². The first-order valence-corrected chi connectivity index (χ1v) is 14.5. The molecule has 4 heteroatoms. The molecule has 0 amide bonds. The number of nitrogens with zero attached hydrogens (tertiary/aromatic N) is 2. The average molecular weight is 487 g/mol. The van der Waals surface area contributed by atoms with E-state index in [9.17, 15) is 0 Å². The molecule has 1 aliphatic carbocycles. The maximum absolute atomic E-state index is 7.27. The van der Waals surface area contributed by atoms with Gasteiger partial charge < -0.3 is 4.52 Å². The topological polar surface area (TPSA) is 15.7 Å². The minimum Gasteiger partial charge on any atom is -0.323 e. The third-order valence-electron chi connectivity index (χ3n) is 7.89. The second kappa shape index (κ2) is 11.4. The van der Waals surface area contributed by atoms with Gasteiger partial charge in [0.25, 0.3) is 0 Å². The van der Waals surface area contributed by atoms with Crippen molar-refractivity contribution in [3.63, 3.8) is 0 Å². The summed E-state index contributed by atoms with van der Waals surface area (Å²) in [6.07, 6.45) is 6.20. The molecule has 0 aromatic heterocycles. The Kier molecular flexibility index (Phi) is 8.00. The van der Waals surface area contributed by atoms with Gasteiger partial charge in [0.2, 0.25) is 0 Å². The Labute approximate surface area is 213 Å². The van der Waals surface area contributed by atoms with E-state index in [-0.39, 0.29) is 6.10 Å². The Hall–Kier alpha value is -2.03. The summed E-state index contributed by atoms with van der Waals surface area (Å²) in [5.41, 5.74) is 4.05. The molecule has 0 spiro atoms. The molecule has 3 aromatic rings. The van der Waals surface area contributed by atoms with E-state index in [0.29, 0.717) is 24.2 Å². The fourth-order valence-electron chi connectivity index (χ4n) is 5.98. The predicted molar refractivity (Wildman–Crippen MR) is 147 cm³/mol. The zero-order valence-corrected chi connectivity index (χ0v) is 22.2. The summed E-state index contributed by atoms with van der Waals surface area (Å²) in [4.78, 5) is 0. The van der Waals surface area contributed by atoms with Crippen molar-refractivity contribution in [2.75, 3.05) is 0 Å². The number of rotatable bonds is 8.